The molecule has 1 aliphatic rings. The van der Waals surface area contributed by atoms with Gasteiger partial charge in [-0.15, -0.1) is 0 Å². The lowest BCUT2D eigenvalue weighted by Gasteiger charge is -2.42. The molecule has 4 heteroatoms. The summed E-state index contributed by atoms with van der Waals surface area (Å²) in [6.45, 7) is 3.70. The summed E-state index contributed by atoms with van der Waals surface area (Å²) in [6, 6.07) is 0. The van der Waals surface area contributed by atoms with Gasteiger partial charge in [-0.2, -0.15) is 0 Å². The lowest BCUT2D eigenvalue weighted by Crippen LogP contribution is -2.59. The van der Waals surface area contributed by atoms with Crippen molar-refractivity contribution in [1.82, 2.24) is 4.90 Å². The largest absolute Gasteiger partial charge is 0.354 e. The third-order valence-corrected chi connectivity index (χ3v) is 3.45. The highest BCUT2D eigenvalue weighted by Gasteiger charge is 2.39. The van der Waals surface area contributed by atoms with Crippen LogP contribution in [-0.4, -0.2) is 51.1 Å². The van der Waals surface area contributed by atoms with Crippen LogP contribution in [0.2, 0.25) is 0 Å². The van der Waals surface area contributed by atoms with Gasteiger partial charge in [-0.3, -0.25) is 4.90 Å². The molecule has 0 heterocycles. The van der Waals surface area contributed by atoms with Crippen LogP contribution in [0.5, 0.6) is 0 Å². The van der Waals surface area contributed by atoms with E-state index in [9.17, 15) is 0 Å². The van der Waals surface area contributed by atoms with Crippen molar-refractivity contribution in [2.75, 3.05) is 34.4 Å². The lowest BCUT2D eigenvalue weighted by atomic mass is 9.99. The van der Waals surface area contributed by atoms with Gasteiger partial charge in [0.2, 0.25) is 0 Å². The van der Waals surface area contributed by atoms with Gasteiger partial charge >= 0.3 is 0 Å². The molecule has 0 spiro atoms. The Bertz CT molecular complexity index is 193. The highest BCUT2D eigenvalue weighted by Crippen LogP contribution is 2.32. The number of hydrogen-bond donors (Lipinski definition) is 1. The van der Waals surface area contributed by atoms with Crippen molar-refractivity contribution in [3.63, 3.8) is 0 Å². The average Bonchev–Trinajstić information content (AvgIpc) is 3.02. The fraction of sp³-hybridized carbons (Fsp3) is 1.00. The predicted octanol–water partition coefficient (Wildman–Crippen LogP) is 0.665. The van der Waals surface area contributed by atoms with E-state index in [-0.39, 0.29) is 11.8 Å². The van der Waals surface area contributed by atoms with Crippen molar-refractivity contribution in [3.05, 3.63) is 0 Å². The maximum atomic E-state index is 5.85. The average molecular weight is 216 g/mol. The van der Waals surface area contributed by atoms with Gasteiger partial charge in [0.1, 0.15) is 0 Å². The second-order valence-electron chi connectivity index (χ2n) is 4.69. The van der Waals surface area contributed by atoms with Crippen LogP contribution in [-0.2, 0) is 9.47 Å². The maximum Gasteiger partial charge on any atom is 0.176 e. The lowest BCUT2D eigenvalue weighted by molar-refractivity contribution is -0.177. The minimum Gasteiger partial charge on any atom is -0.354 e. The first-order valence-electron chi connectivity index (χ1n) is 5.55. The molecular formula is C11H24N2O2. The first-order valence-corrected chi connectivity index (χ1v) is 5.55. The highest BCUT2D eigenvalue weighted by atomic mass is 16.7. The zero-order chi connectivity index (χ0) is 11.5. The topological polar surface area (TPSA) is 47.7 Å². The minimum absolute atomic E-state index is 0.244. The van der Waals surface area contributed by atoms with Crippen LogP contribution >= 0.6 is 0 Å². The Kier molecular flexibility index (Phi) is 4.52. The monoisotopic (exact) mass is 216 g/mol. The number of nitrogens with zero attached hydrogens (tertiary/aromatic N) is 1. The molecule has 0 saturated heterocycles. The number of likely N-dealkylation sites (N-methyl/N-ethyl adjacent to an activating group) is 1. The third kappa shape index (κ3) is 2.91. The highest BCUT2D eigenvalue weighted by molar-refractivity contribution is 4.91. The van der Waals surface area contributed by atoms with E-state index >= 15 is 0 Å². The molecule has 0 amide bonds. The summed E-state index contributed by atoms with van der Waals surface area (Å²) >= 11 is 0. The first-order chi connectivity index (χ1) is 7.08. The summed E-state index contributed by atoms with van der Waals surface area (Å²) in [7, 11) is 5.41. The molecule has 1 atom stereocenters. The molecule has 0 aromatic rings. The van der Waals surface area contributed by atoms with Crippen molar-refractivity contribution in [2.45, 2.75) is 31.6 Å². The van der Waals surface area contributed by atoms with E-state index in [1.54, 1.807) is 14.2 Å². The normalized spacial score (nSPS) is 21.0. The van der Waals surface area contributed by atoms with Crippen LogP contribution in [0.3, 0.4) is 0 Å². The number of hydrogen-bond acceptors (Lipinski definition) is 4. The van der Waals surface area contributed by atoms with Gasteiger partial charge in [-0.1, -0.05) is 0 Å². The molecule has 15 heavy (non-hydrogen) atoms. The summed E-state index contributed by atoms with van der Waals surface area (Å²) in [5, 5.41) is 0. The van der Waals surface area contributed by atoms with Gasteiger partial charge in [-0.05, 0) is 32.7 Å². The van der Waals surface area contributed by atoms with Crippen LogP contribution in [0.25, 0.3) is 0 Å². The molecule has 0 aromatic heterocycles. The molecule has 4 nitrogen and oxygen atoms in total. The van der Waals surface area contributed by atoms with Crippen LogP contribution in [0, 0.1) is 5.92 Å². The first kappa shape index (κ1) is 12.9. The van der Waals surface area contributed by atoms with Crippen molar-refractivity contribution >= 4 is 0 Å². The second-order valence-corrected chi connectivity index (χ2v) is 4.69. The fourth-order valence-corrected chi connectivity index (χ4v) is 1.93. The van der Waals surface area contributed by atoms with E-state index in [0.717, 1.165) is 12.5 Å². The van der Waals surface area contributed by atoms with E-state index in [2.05, 4.69) is 18.9 Å². The molecule has 1 fully saturated rings. The van der Waals surface area contributed by atoms with Crippen molar-refractivity contribution in [3.8, 4) is 0 Å². The predicted molar refractivity (Wildman–Crippen MR) is 60.6 cm³/mol. The van der Waals surface area contributed by atoms with Gasteiger partial charge in [0.05, 0.1) is 5.54 Å². The SMILES string of the molecule is COC(OC)C(C)(CN)N(C)CC1CC1. The minimum atomic E-state index is -0.272. The molecule has 1 rings (SSSR count). The Morgan fingerprint density at radius 3 is 2.27 bits per heavy atom. The fourth-order valence-electron chi connectivity index (χ4n) is 1.93. The van der Waals surface area contributed by atoms with Crippen LogP contribution in [0.15, 0.2) is 0 Å². The van der Waals surface area contributed by atoms with Gasteiger partial charge in [0, 0.05) is 27.3 Å². The smallest absolute Gasteiger partial charge is 0.176 e. The van der Waals surface area contributed by atoms with Crippen LogP contribution < -0.4 is 5.73 Å². The molecule has 1 saturated carbocycles. The Labute approximate surface area is 92.7 Å². The van der Waals surface area contributed by atoms with E-state index in [0.29, 0.717) is 6.54 Å². The molecular weight excluding hydrogens is 192 g/mol. The summed E-state index contributed by atoms with van der Waals surface area (Å²) < 4.78 is 10.7. The molecule has 90 valence electrons. The number of methoxy groups -OCH3 is 2. The zero-order valence-corrected chi connectivity index (χ0v) is 10.3. The Morgan fingerprint density at radius 1 is 1.40 bits per heavy atom. The molecule has 0 radical (unpaired) electrons. The second kappa shape index (κ2) is 5.25. The maximum absolute atomic E-state index is 5.85. The number of ether oxygens (including phenoxy) is 2. The molecule has 0 aliphatic heterocycles. The Balaban J connectivity index is 2.61. The van der Waals surface area contributed by atoms with Crippen LogP contribution in [0.4, 0.5) is 0 Å². The standard InChI is InChI=1S/C11H24N2O2/c1-11(8-12,10(14-3)15-4)13(2)7-9-5-6-9/h9-10H,5-8,12H2,1-4H3. The quantitative estimate of drug-likeness (QED) is 0.635. The summed E-state index contributed by atoms with van der Waals surface area (Å²) in [4.78, 5) is 2.27. The van der Waals surface area contributed by atoms with Crippen molar-refractivity contribution in [2.24, 2.45) is 11.7 Å². The van der Waals surface area contributed by atoms with Gasteiger partial charge in [-0.25, -0.2) is 0 Å². The number of rotatable bonds is 7. The summed E-state index contributed by atoms with van der Waals surface area (Å²) in [5.41, 5.74) is 5.61. The van der Waals surface area contributed by atoms with Gasteiger partial charge in [0.25, 0.3) is 0 Å². The van der Waals surface area contributed by atoms with E-state index in [4.69, 9.17) is 15.2 Å². The molecule has 1 aliphatic carbocycles. The van der Waals surface area contributed by atoms with E-state index in [1.807, 2.05) is 0 Å². The Morgan fingerprint density at radius 2 is 1.93 bits per heavy atom. The van der Waals surface area contributed by atoms with E-state index in [1.165, 1.54) is 12.8 Å². The number of nitrogens with two attached hydrogens (primary N) is 1. The Hall–Kier alpha value is -0.160. The van der Waals surface area contributed by atoms with Crippen molar-refractivity contribution in [1.29, 1.82) is 0 Å². The molecule has 2 N–H and O–H groups in total. The molecule has 1 unspecified atom stereocenters. The molecule has 0 aromatic carbocycles. The van der Waals surface area contributed by atoms with E-state index < -0.39 is 0 Å². The van der Waals surface area contributed by atoms with Crippen LogP contribution in [0.1, 0.15) is 19.8 Å². The van der Waals surface area contributed by atoms with Gasteiger partial charge < -0.3 is 15.2 Å². The van der Waals surface area contributed by atoms with Gasteiger partial charge in [0.15, 0.2) is 6.29 Å². The summed E-state index contributed by atoms with van der Waals surface area (Å²) in [6.07, 6.45) is 2.41. The summed E-state index contributed by atoms with van der Waals surface area (Å²) in [5.74, 6) is 0.843. The zero-order valence-electron chi connectivity index (χ0n) is 10.3. The van der Waals surface area contributed by atoms with Crippen molar-refractivity contribution < 1.29 is 9.47 Å². The molecule has 0 bridgehead atoms. The third-order valence-electron chi connectivity index (χ3n) is 3.45.